The van der Waals surface area contributed by atoms with Crippen molar-refractivity contribution in [2.75, 3.05) is 4.90 Å². The molecule has 4 heteroatoms. The Kier molecular flexibility index (Phi) is 2.17. The highest BCUT2D eigenvalue weighted by molar-refractivity contribution is 5.93. The number of para-hydroxylation sites is 2. The number of amides is 1. The molecule has 0 unspecified atom stereocenters. The van der Waals surface area contributed by atoms with E-state index in [1.807, 2.05) is 0 Å². The van der Waals surface area contributed by atoms with Gasteiger partial charge >= 0.3 is 6.09 Å². The van der Waals surface area contributed by atoms with Gasteiger partial charge in [-0.3, -0.25) is 0 Å². The Labute approximate surface area is 86.7 Å². The predicted molar refractivity (Wildman–Crippen MR) is 55.9 cm³/mol. The first-order valence-electron chi connectivity index (χ1n) is 4.35. The van der Waals surface area contributed by atoms with Gasteiger partial charge in [0, 0.05) is 0 Å². The Morgan fingerprint density at radius 3 is 2.87 bits per heavy atom. The number of rotatable bonds is 1. The van der Waals surface area contributed by atoms with Gasteiger partial charge in [0.25, 0.3) is 0 Å². The molecule has 0 saturated carbocycles. The average molecular weight is 203 g/mol. The van der Waals surface area contributed by atoms with Crippen molar-refractivity contribution < 1.29 is 14.6 Å². The summed E-state index contributed by atoms with van der Waals surface area (Å²) >= 11 is 0. The van der Waals surface area contributed by atoms with Crippen LogP contribution < -0.4 is 9.64 Å². The van der Waals surface area contributed by atoms with E-state index in [9.17, 15) is 4.79 Å². The standard InChI is InChI=1S/C11H9NO3/c1-2-8-7-15-10-6-4-3-5-9(10)12(8)11(13)14/h2-7H,1H2,(H,13,14). The molecule has 0 radical (unpaired) electrons. The minimum atomic E-state index is -1.06. The summed E-state index contributed by atoms with van der Waals surface area (Å²) < 4.78 is 5.27. The summed E-state index contributed by atoms with van der Waals surface area (Å²) in [6.07, 6.45) is 1.74. The number of benzene rings is 1. The normalized spacial score (nSPS) is 13.6. The third-order valence-electron chi connectivity index (χ3n) is 2.07. The fraction of sp³-hybridized carbons (Fsp3) is 0. The number of fused-ring (bicyclic) bond motifs is 1. The minimum Gasteiger partial charge on any atom is -0.464 e. The van der Waals surface area contributed by atoms with E-state index < -0.39 is 6.09 Å². The van der Waals surface area contributed by atoms with Crippen LogP contribution in [0.25, 0.3) is 0 Å². The van der Waals surface area contributed by atoms with Crippen LogP contribution in [0.2, 0.25) is 0 Å². The van der Waals surface area contributed by atoms with E-state index in [-0.39, 0.29) is 0 Å². The SMILES string of the molecule is C=CC1=COc2ccccc2N1C(=O)O. The molecule has 1 aromatic rings. The van der Waals surface area contributed by atoms with E-state index >= 15 is 0 Å². The molecule has 0 saturated heterocycles. The molecule has 0 atom stereocenters. The number of carbonyl (C=O) groups is 1. The zero-order chi connectivity index (χ0) is 10.8. The quantitative estimate of drug-likeness (QED) is 0.763. The van der Waals surface area contributed by atoms with E-state index in [0.717, 1.165) is 4.90 Å². The third kappa shape index (κ3) is 1.46. The first kappa shape index (κ1) is 9.33. The minimum absolute atomic E-state index is 0.404. The zero-order valence-corrected chi connectivity index (χ0v) is 7.88. The number of ether oxygens (including phenoxy) is 1. The Bertz CT molecular complexity index is 451. The number of hydrogen-bond donors (Lipinski definition) is 1. The molecule has 1 aliphatic rings. The molecule has 1 aliphatic heterocycles. The highest BCUT2D eigenvalue weighted by Crippen LogP contribution is 2.34. The van der Waals surface area contributed by atoms with Gasteiger partial charge in [-0.1, -0.05) is 18.7 Å². The largest absolute Gasteiger partial charge is 0.464 e. The summed E-state index contributed by atoms with van der Waals surface area (Å²) in [6, 6.07) is 6.93. The molecule has 15 heavy (non-hydrogen) atoms. The predicted octanol–water partition coefficient (Wildman–Crippen LogP) is 2.59. The summed E-state index contributed by atoms with van der Waals surface area (Å²) in [5, 5.41) is 9.07. The Hall–Kier alpha value is -2.23. The van der Waals surface area contributed by atoms with Gasteiger partial charge < -0.3 is 9.84 Å². The number of carboxylic acid groups (broad SMARTS) is 1. The van der Waals surface area contributed by atoms with Gasteiger partial charge in [-0.05, 0) is 18.2 Å². The molecule has 4 nitrogen and oxygen atoms in total. The van der Waals surface area contributed by atoms with E-state index in [1.165, 1.54) is 12.3 Å². The van der Waals surface area contributed by atoms with Gasteiger partial charge in [0.15, 0.2) is 5.75 Å². The van der Waals surface area contributed by atoms with Crippen LogP contribution in [0.3, 0.4) is 0 Å². The highest BCUT2D eigenvalue weighted by Gasteiger charge is 2.24. The maximum atomic E-state index is 11.1. The molecule has 0 aliphatic carbocycles. The summed E-state index contributed by atoms with van der Waals surface area (Å²) in [6.45, 7) is 3.54. The molecule has 0 fully saturated rings. The van der Waals surface area contributed by atoms with Crippen LogP contribution >= 0.6 is 0 Å². The summed E-state index contributed by atoms with van der Waals surface area (Å²) in [5.41, 5.74) is 0.906. The van der Waals surface area contributed by atoms with Crippen molar-refractivity contribution in [2.24, 2.45) is 0 Å². The second-order valence-corrected chi connectivity index (χ2v) is 2.95. The molecular formula is C11H9NO3. The first-order valence-corrected chi connectivity index (χ1v) is 4.35. The molecule has 76 valence electrons. The lowest BCUT2D eigenvalue weighted by Crippen LogP contribution is -2.30. The van der Waals surface area contributed by atoms with Crippen LogP contribution in [0.4, 0.5) is 10.5 Å². The summed E-state index contributed by atoms with van der Waals surface area (Å²) in [4.78, 5) is 12.2. The molecule has 1 heterocycles. The fourth-order valence-electron chi connectivity index (χ4n) is 1.41. The van der Waals surface area contributed by atoms with E-state index in [2.05, 4.69) is 6.58 Å². The second-order valence-electron chi connectivity index (χ2n) is 2.95. The molecule has 1 aromatic carbocycles. The molecule has 0 bridgehead atoms. The number of hydrogen-bond acceptors (Lipinski definition) is 2. The smallest absolute Gasteiger partial charge is 0.416 e. The lowest BCUT2D eigenvalue weighted by molar-refractivity contribution is 0.203. The number of nitrogens with zero attached hydrogens (tertiary/aromatic N) is 1. The van der Waals surface area contributed by atoms with Gasteiger partial charge in [0.1, 0.15) is 6.26 Å². The van der Waals surface area contributed by atoms with Crippen molar-refractivity contribution >= 4 is 11.8 Å². The van der Waals surface area contributed by atoms with Crippen molar-refractivity contribution in [1.29, 1.82) is 0 Å². The van der Waals surface area contributed by atoms with Crippen molar-refractivity contribution in [2.45, 2.75) is 0 Å². The third-order valence-corrected chi connectivity index (χ3v) is 2.07. The lowest BCUT2D eigenvalue weighted by atomic mass is 10.2. The van der Waals surface area contributed by atoms with Gasteiger partial charge in [0.05, 0.1) is 11.4 Å². The number of allylic oxidation sites excluding steroid dienone is 1. The molecule has 1 amide bonds. The zero-order valence-electron chi connectivity index (χ0n) is 7.88. The van der Waals surface area contributed by atoms with Crippen molar-refractivity contribution in [3.05, 3.63) is 48.9 Å². The maximum Gasteiger partial charge on any atom is 0.416 e. The van der Waals surface area contributed by atoms with Gasteiger partial charge in [-0.25, -0.2) is 9.69 Å². The summed E-state index contributed by atoms with van der Waals surface area (Å²) in [7, 11) is 0. The average Bonchev–Trinajstić information content (AvgIpc) is 2.27. The Balaban J connectivity index is 2.54. The van der Waals surface area contributed by atoms with E-state index in [0.29, 0.717) is 17.1 Å². The molecule has 2 rings (SSSR count). The van der Waals surface area contributed by atoms with Crippen molar-refractivity contribution in [3.8, 4) is 5.75 Å². The monoisotopic (exact) mass is 203 g/mol. The van der Waals surface area contributed by atoms with Gasteiger partial charge in [0.2, 0.25) is 0 Å². The molecule has 0 aromatic heterocycles. The second kappa shape index (κ2) is 3.49. The molecule has 1 N–H and O–H groups in total. The van der Waals surface area contributed by atoms with Crippen LogP contribution in [0.5, 0.6) is 5.75 Å². The van der Waals surface area contributed by atoms with Crippen molar-refractivity contribution in [3.63, 3.8) is 0 Å². The van der Waals surface area contributed by atoms with Gasteiger partial charge in [-0.15, -0.1) is 0 Å². The summed E-state index contributed by atoms with van der Waals surface area (Å²) in [5.74, 6) is 0.519. The van der Waals surface area contributed by atoms with E-state index in [1.54, 1.807) is 24.3 Å². The van der Waals surface area contributed by atoms with Gasteiger partial charge in [-0.2, -0.15) is 0 Å². The Morgan fingerprint density at radius 1 is 1.47 bits per heavy atom. The maximum absolute atomic E-state index is 11.1. The van der Waals surface area contributed by atoms with E-state index in [4.69, 9.17) is 9.84 Å². The number of anilines is 1. The fourth-order valence-corrected chi connectivity index (χ4v) is 1.41. The van der Waals surface area contributed by atoms with Crippen LogP contribution in [-0.2, 0) is 0 Å². The van der Waals surface area contributed by atoms with Crippen LogP contribution in [-0.4, -0.2) is 11.2 Å². The van der Waals surface area contributed by atoms with Crippen LogP contribution in [0.1, 0.15) is 0 Å². The first-order chi connectivity index (χ1) is 7.24. The topological polar surface area (TPSA) is 49.8 Å². The van der Waals surface area contributed by atoms with Crippen molar-refractivity contribution in [1.82, 2.24) is 0 Å². The lowest BCUT2D eigenvalue weighted by Gasteiger charge is -2.25. The Morgan fingerprint density at radius 2 is 2.20 bits per heavy atom. The molecular weight excluding hydrogens is 194 g/mol. The molecule has 0 spiro atoms. The highest BCUT2D eigenvalue weighted by atomic mass is 16.5. The van der Waals surface area contributed by atoms with Crippen LogP contribution in [0, 0.1) is 0 Å². The van der Waals surface area contributed by atoms with Crippen LogP contribution in [0.15, 0.2) is 48.9 Å².